The first-order valence-electron chi connectivity index (χ1n) is 6.15. The van der Waals surface area contributed by atoms with Crippen LogP contribution in [0.2, 0.25) is 0 Å². The summed E-state index contributed by atoms with van der Waals surface area (Å²) >= 11 is 0. The number of hydrogen-bond donors (Lipinski definition) is 1. The van der Waals surface area contributed by atoms with Gasteiger partial charge in [0.25, 0.3) is 0 Å². The molecule has 0 saturated carbocycles. The van der Waals surface area contributed by atoms with Gasteiger partial charge in [-0.2, -0.15) is 5.10 Å². The number of nitrogens with zero attached hydrogens (tertiary/aromatic N) is 2. The maximum absolute atomic E-state index is 6.04. The number of furan rings is 1. The molecular weight excluding hydrogens is 238 g/mol. The van der Waals surface area contributed by atoms with Crippen molar-refractivity contribution in [2.24, 2.45) is 0 Å². The second-order valence-corrected chi connectivity index (χ2v) is 4.48. The summed E-state index contributed by atoms with van der Waals surface area (Å²) in [5.41, 5.74) is 8.03. The molecule has 0 amide bonds. The molecule has 1 atom stereocenters. The van der Waals surface area contributed by atoms with Crippen molar-refractivity contribution in [1.29, 1.82) is 0 Å². The fourth-order valence-corrected chi connectivity index (χ4v) is 2.25. The van der Waals surface area contributed by atoms with E-state index in [1.165, 1.54) is 0 Å². The maximum atomic E-state index is 6.04. The lowest BCUT2D eigenvalue weighted by Gasteiger charge is -2.17. The van der Waals surface area contributed by atoms with Crippen LogP contribution in [0.5, 0.6) is 0 Å². The Morgan fingerprint density at radius 3 is 2.53 bits per heavy atom. The van der Waals surface area contributed by atoms with E-state index in [1.54, 1.807) is 10.9 Å². The summed E-state index contributed by atoms with van der Waals surface area (Å²) in [6, 6.07) is 15.6. The topological polar surface area (TPSA) is 57.0 Å². The van der Waals surface area contributed by atoms with Gasteiger partial charge in [0.05, 0.1) is 12.0 Å². The Labute approximate surface area is 111 Å². The van der Waals surface area contributed by atoms with Crippen LogP contribution in [0.4, 0.5) is 5.82 Å². The van der Waals surface area contributed by atoms with Gasteiger partial charge in [-0.15, -0.1) is 0 Å². The Balaban J connectivity index is 2.15. The normalized spacial score (nSPS) is 12.5. The third kappa shape index (κ3) is 2.12. The summed E-state index contributed by atoms with van der Waals surface area (Å²) < 4.78 is 7.35. The fourth-order valence-electron chi connectivity index (χ4n) is 2.25. The average Bonchev–Trinajstić information content (AvgIpc) is 3.03. The van der Waals surface area contributed by atoms with Crippen molar-refractivity contribution < 1.29 is 4.42 Å². The maximum Gasteiger partial charge on any atom is 0.137 e. The number of rotatable bonds is 3. The lowest BCUT2D eigenvalue weighted by atomic mass is 10.0. The van der Waals surface area contributed by atoms with Crippen molar-refractivity contribution in [2.75, 3.05) is 5.73 Å². The van der Waals surface area contributed by atoms with E-state index in [2.05, 4.69) is 5.10 Å². The van der Waals surface area contributed by atoms with Crippen molar-refractivity contribution in [3.8, 4) is 0 Å². The molecule has 2 aromatic heterocycles. The van der Waals surface area contributed by atoms with E-state index in [4.69, 9.17) is 10.2 Å². The van der Waals surface area contributed by atoms with Crippen LogP contribution in [0.25, 0.3) is 0 Å². The van der Waals surface area contributed by atoms with Gasteiger partial charge in [-0.1, -0.05) is 30.3 Å². The molecule has 19 heavy (non-hydrogen) atoms. The van der Waals surface area contributed by atoms with E-state index in [0.29, 0.717) is 5.82 Å². The molecule has 4 nitrogen and oxygen atoms in total. The molecule has 3 rings (SSSR count). The first-order valence-corrected chi connectivity index (χ1v) is 6.15. The Bertz CT molecular complexity index is 656. The minimum Gasteiger partial charge on any atom is -0.467 e. The standard InChI is InChI=1S/C15H15N3O/c1-11-10-14(16)18(17-11)15(13-8-5-9-19-13)12-6-3-2-4-7-12/h2-10,15H,16H2,1H3. The molecule has 0 aliphatic rings. The number of nitrogen functional groups attached to an aromatic ring is 1. The molecule has 4 heteroatoms. The minimum absolute atomic E-state index is 0.134. The summed E-state index contributed by atoms with van der Waals surface area (Å²) in [4.78, 5) is 0. The SMILES string of the molecule is Cc1cc(N)n(C(c2ccccc2)c2ccco2)n1. The quantitative estimate of drug-likeness (QED) is 0.780. The zero-order valence-electron chi connectivity index (χ0n) is 10.7. The van der Waals surface area contributed by atoms with Gasteiger partial charge in [0.2, 0.25) is 0 Å². The molecule has 3 aromatic rings. The molecule has 0 aliphatic carbocycles. The van der Waals surface area contributed by atoms with Crippen LogP contribution in [0.3, 0.4) is 0 Å². The van der Waals surface area contributed by atoms with Crippen LogP contribution >= 0.6 is 0 Å². The van der Waals surface area contributed by atoms with Gasteiger partial charge < -0.3 is 10.2 Å². The second-order valence-electron chi connectivity index (χ2n) is 4.48. The number of benzene rings is 1. The molecule has 0 radical (unpaired) electrons. The first-order chi connectivity index (χ1) is 9.25. The number of aromatic nitrogens is 2. The fraction of sp³-hybridized carbons (Fsp3) is 0.133. The van der Waals surface area contributed by atoms with Crippen LogP contribution < -0.4 is 5.73 Å². The highest BCUT2D eigenvalue weighted by atomic mass is 16.3. The number of nitrogens with two attached hydrogens (primary N) is 1. The summed E-state index contributed by atoms with van der Waals surface area (Å²) in [6.45, 7) is 1.93. The van der Waals surface area contributed by atoms with Crippen molar-refractivity contribution in [3.63, 3.8) is 0 Å². The largest absolute Gasteiger partial charge is 0.467 e. The first kappa shape index (κ1) is 11.6. The molecule has 0 saturated heterocycles. The lowest BCUT2D eigenvalue weighted by molar-refractivity contribution is 0.443. The van der Waals surface area contributed by atoms with Crippen LogP contribution in [0.1, 0.15) is 23.1 Å². The summed E-state index contributed by atoms with van der Waals surface area (Å²) in [5, 5.41) is 4.47. The van der Waals surface area contributed by atoms with E-state index >= 15 is 0 Å². The van der Waals surface area contributed by atoms with Crippen LogP contribution in [0.15, 0.2) is 59.2 Å². The van der Waals surface area contributed by atoms with E-state index < -0.39 is 0 Å². The lowest BCUT2D eigenvalue weighted by Crippen LogP contribution is -2.15. The summed E-state index contributed by atoms with van der Waals surface area (Å²) in [6.07, 6.45) is 1.66. The average molecular weight is 253 g/mol. The Morgan fingerprint density at radius 1 is 1.16 bits per heavy atom. The van der Waals surface area contributed by atoms with E-state index in [1.807, 2.05) is 55.5 Å². The van der Waals surface area contributed by atoms with Crippen LogP contribution in [0, 0.1) is 6.92 Å². The van der Waals surface area contributed by atoms with Crippen molar-refractivity contribution in [3.05, 3.63) is 71.8 Å². The molecule has 2 N–H and O–H groups in total. The predicted molar refractivity (Wildman–Crippen MR) is 73.8 cm³/mol. The molecule has 96 valence electrons. The molecule has 2 heterocycles. The third-order valence-corrected chi connectivity index (χ3v) is 3.06. The monoisotopic (exact) mass is 253 g/mol. The molecule has 0 fully saturated rings. The molecule has 0 spiro atoms. The van der Waals surface area contributed by atoms with E-state index in [-0.39, 0.29) is 6.04 Å². The zero-order chi connectivity index (χ0) is 13.2. The highest BCUT2D eigenvalue weighted by molar-refractivity contribution is 5.36. The van der Waals surface area contributed by atoms with Gasteiger partial charge in [0.15, 0.2) is 0 Å². The smallest absolute Gasteiger partial charge is 0.137 e. The molecule has 1 aromatic carbocycles. The molecule has 0 aliphatic heterocycles. The zero-order valence-corrected chi connectivity index (χ0v) is 10.7. The number of hydrogen-bond acceptors (Lipinski definition) is 3. The van der Waals surface area contributed by atoms with Crippen molar-refractivity contribution >= 4 is 5.82 Å². The van der Waals surface area contributed by atoms with E-state index in [0.717, 1.165) is 17.0 Å². The van der Waals surface area contributed by atoms with Crippen molar-refractivity contribution in [1.82, 2.24) is 9.78 Å². The number of anilines is 1. The number of aryl methyl sites for hydroxylation is 1. The molecule has 1 unspecified atom stereocenters. The van der Waals surface area contributed by atoms with Gasteiger partial charge in [-0.05, 0) is 24.6 Å². The summed E-state index contributed by atoms with van der Waals surface area (Å²) in [5.74, 6) is 1.45. The van der Waals surface area contributed by atoms with Gasteiger partial charge in [-0.3, -0.25) is 0 Å². The highest BCUT2D eigenvalue weighted by Gasteiger charge is 2.21. The van der Waals surface area contributed by atoms with Crippen LogP contribution in [-0.2, 0) is 0 Å². The molecular formula is C15H15N3O. The molecule has 0 bridgehead atoms. The second kappa shape index (κ2) is 4.65. The third-order valence-electron chi connectivity index (χ3n) is 3.06. The van der Waals surface area contributed by atoms with Crippen LogP contribution in [-0.4, -0.2) is 9.78 Å². The van der Waals surface area contributed by atoms with Gasteiger partial charge >= 0.3 is 0 Å². The van der Waals surface area contributed by atoms with Gasteiger partial charge in [0.1, 0.15) is 17.6 Å². The Kier molecular flexibility index (Phi) is 2.83. The highest BCUT2D eigenvalue weighted by Crippen LogP contribution is 2.28. The predicted octanol–water partition coefficient (Wildman–Crippen LogP) is 3.00. The van der Waals surface area contributed by atoms with E-state index in [9.17, 15) is 0 Å². The Hall–Kier alpha value is -2.49. The minimum atomic E-state index is -0.134. The van der Waals surface area contributed by atoms with Gasteiger partial charge in [-0.25, -0.2) is 4.68 Å². The Morgan fingerprint density at radius 2 is 1.95 bits per heavy atom. The van der Waals surface area contributed by atoms with Crippen molar-refractivity contribution in [2.45, 2.75) is 13.0 Å². The summed E-state index contributed by atoms with van der Waals surface area (Å²) in [7, 11) is 0. The van der Waals surface area contributed by atoms with Gasteiger partial charge in [0, 0.05) is 6.07 Å².